The van der Waals surface area contributed by atoms with E-state index in [4.69, 9.17) is 4.42 Å². The summed E-state index contributed by atoms with van der Waals surface area (Å²) in [6.45, 7) is 3.83. The molecule has 3 amide bonds. The van der Waals surface area contributed by atoms with E-state index in [1.807, 2.05) is 26.0 Å². The summed E-state index contributed by atoms with van der Waals surface area (Å²) in [6.07, 6.45) is 2.10. The van der Waals surface area contributed by atoms with Crippen LogP contribution in [0.2, 0.25) is 0 Å². The van der Waals surface area contributed by atoms with Crippen LogP contribution in [-0.4, -0.2) is 34.2 Å². The predicted octanol–water partition coefficient (Wildman–Crippen LogP) is 2.44. The maximum Gasteiger partial charge on any atom is 0.229 e. The molecule has 1 fully saturated rings. The normalized spacial score (nSPS) is 14.2. The van der Waals surface area contributed by atoms with Crippen molar-refractivity contribution in [3.63, 3.8) is 0 Å². The summed E-state index contributed by atoms with van der Waals surface area (Å²) in [5.41, 5.74) is 3.09. The molecule has 2 heterocycles. The Morgan fingerprint density at radius 1 is 1.24 bits per heavy atom. The minimum Gasteiger partial charge on any atom is -0.444 e. The van der Waals surface area contributed by atoms with Crippen molar-refractivity contribution in [1.82, 2.24) is 9.88 Å². The topological polar surface area (TPSA) is 92.5 Å². The number of hydrogen-bond acceptors (Lipinski definition) is 5. The summed E-state index contributed by atoms with van der Waals surface area (Å²) in [6, 6.07) is 5.54. The molecule has 1 saturated heterocycles. The van der Waals surface area contributed by atoms with Crippen LogP contribution in [0.4, 0.5) is 5.69 Å². The third-order valence-corrected chi connectivity index (χ3v) is 4.09. The Morgan fingerprint density at radius 3 is 2.60 bits per heavy atom. The Kier molecular flexibility index (Phi) is 4.65. The van der Waals surface area contributed by atoms with Gasteiger partial charge in [-0.3, -0.25) is 19.3 Å². The van der Waals surface area contributed by atoms with Gasteiger partial charge < -0.3 is 9.73 Å². The van der Waals surface area contributed by atoms with E-state index in [1.165, 1.54) is 0 Å². The number of amides is 3. The molecule has 0 radical (unpaired) electrons. The molecule has 1 aliphatic rings. The molecule has 1 N–H and O–H groups in total. The SMILES string of the molecule is Cc1coc(-c2ccc(C)c(NC(=O)CCN3C(=O)CCC3=O)c2)n1. The first-order chi connectivity index (χ1) is 11.9. The molecular weight excluding hydrogens is 322 g/mol. The van der Waals surface area contributed by atoms with Gasteiger partial charge in [-0.25, -0.2) is 4.98 Å². The molecule has 0 spiro atoms. The first-order valence-corrected chi connectivity index (χ1v) is 8.10. The number of carbonyl (C=O) groups excluding carboxylic acids is 3. The quantitative estimate of drug-likeness (QED) is 0.843. The summed E-state index contributed by atoms with van der Waals surface area (Å²) in [7, 11) is 0. The van der Waals surface area contributed by atoms with Crippen LogP contribution in [0.15, 0.2) is 28.9 Å². The Bertz CT molecular complexity index is 825. The molecule has 7 nitrogen and oxygen atoms in total. The van der Waals surface area contributed by atoms with Gasteiger partial charge in [-0.15, -0.1) is 0 Å². The largest absolute Gasteiger partial charge is 0.444 e. The van der Waals surface area contributed by atoms with Crippen LogP contribution in [0.5, 0.6) is 0 Å². The van der Waals surface area contributed by atoms with E-state index < -0.39 is 0 Å². The Labute approximate surface area is 145 Å². The van der Waals surface area contributed by atoms with Crippen molar-refractivity contribution >= 4 is 23.4 Å². The first kappa shape index (κ1) is 16.9. The summed E-state index contributed by atoms with van der Waals surface area (Å²) in [5, 5.41) is 2.82. The zero-order valence-corrected chi connectivity index (χ0v) is 14.2. The fraction of sp³-hybridized carbons (Fsp3) is 0.333. The highest BCUT2D eigenvalue weighted by Gasteiger charge is 2.28. The molecule has 25 heavy (non-hydrogen) atoms. The summed E-state index contributed by atoms with van der Waals surface area (Å²) < 4.78 is 5.38. The number of aromatic nitrogens is 1. The van der Waals surface area contributed by atoms with E-state index in [0.29, 0.717) is 11.6 Å². The number of rotatable bonds is 5. The number of hydrogen-bond donors (Lipinski definition) is 1. The number of nitrogens with one attached hydrogen (secondary N) is 1. The van der Waals surface area contributed by atoms with Gasteiger partial charge in [0, 0.05) is 37.1 Å². The molecule has 1 aromatic carbocycles. The second-order valence-corrected chi connectivity index (χ2v) is 6.06. The van der Waals surface area contributed by atoms with E-state index in [2.05, 4.69) is 10.3 Å². The maximum absolute atomic E-state index is 12.2. The molecule has 1 aliphatic heterocycles. The number of imide groups is 1. The molecule has 3 rings (SSSR count). The average Bonchev–Trinajstić information content (AvgIpc) is 3.14. The molecule has 0 saturated carbocycles. The predicted molar refractivity (Wildman–Crippen MR) is 90.6 cm³/mol. The van der Waals surface area contributed by atoms with E-state index in [-0.39, 0.29) is 43.5 Å². The van der Waals surface area contributed by atoms with Gasteiger partial charge in [0.2, 0.25) is 23.6 Å². The molecule has 0 bridgehead atoms. The average molecular weight is 341 g/mol. The van der Waals surface area contributed by atoms with Gasteiger partial charge in [0.05, 0.1) is 5.69 Å². The van der Waals surface area contributed by atoms with Crippen LogP contribution in [0.25, 0.3) is 11.5 Å². The number of likely N-dealkylation sites (tertiary alicyclic amines) is 1. The molecule has 0 unspecified atom stereocenters. The van der Waals surface area contributed by atoms with Crippen molar-refractivity contribution in [2.45, 2.75) is 33.1 Å². The number of anilines is 1. The van der Waals surface area contributed by atoms with Crippen LogP contribution in [0.3, 0.4) is 0 Å². The zero-order valence-electron chi connectivity index (χ0n) is 14.2. The van der Waals surface area contributed by atoms with E-state index >= 15 is 0 Å². The van der Waals surface area contributed by atoms with Crippen molar-refractivity contribution < 1.29 is 18.8 Å². The first-order valence-electron chi connectivity index (χ1n) is 8.10. The minimum atomic E-state index is -0.253. The maximum atomic E-state index is 12.2. The number of benzene rings is 1. The van der Waals surface area contributed by atoms with Gasteiger partial charge in [-0.1, -0.05) is 6.07 Å². The molecule has 2 aromatic rings. The fourth-order valence-electron chi connectivity index (χ4n) is 2.67. The monoisotopic (exact) mass is 341 g/mol. The van der Waals surface area contributed by atoms with Crippen LogP contribution in [0, 0.1) is 13.8 Å². The van der Waals surface area contributed by atoms with Crippen LogP contribution in [-0.2, 0) is 14.4 Å². The summed E-state index contributed by atoms with van der Waals surface area (Å²) in [4.78, 5) is 40.8. The molecular formula is C18H19N3O4. The third-order valence-electron chi connectivity index (χ3n) is 4.09. The lowest BCUT2D eigenvalue weighted by Gasteiger charge is -2.14. The van der Waals surface area contributed by atoms with E-state index in [1.54, 1.807) is 12.3 Å². The zero-order chi connectivity index (χ0) is 18.0. The van der Waals surface area contributed by atoms with Crippen LogP contribution >= 0.6 is 0 Å². The summed E-state index contributed by atoms with van der Waals surface area (Å²) >= 11 is 0. The summed E-state index contributed by atoms with van der Waals surface area (Å²) in [5.74, 6) is -0.192. The molecule has 0 aliphatic carbocycles. The Hall–Kier alpha value is -2.96. The van der Waals surface area contributed by atoms with Crippen molar-refractivity contribution in [2.24, 2.45) is 0 Å². The number of oxazole rings is 1. The standard InChI is InChI=1S/C18H19N3O4/c1-11-3-4-13(18-19-12(2)10-25-18)9-14(11)20-15(22)7-8-21-16(23)5-6-17(21)24/h3-4,9-10H,5-8H2,1-2H3,(H,20,22). The minimum absolute atomic E-state index is 0.0687. The van der Waals surface area contributed by atoms with Crippen molar-refractivity contribution in [1.29, 1.82) is 0 Å². The molecule has 130 valence electrons. The van der Waals surface area contributed by atoms with Gasteiger partial charge >= 0.3 is 0 Å². The lowest BCUT2D eigenvalue weighted by atomic mass is 10.1. The highest BCUT2D eigenvalue weighted by atomic mass is 16.3. The van der Waals surface area contributed by atoms with Gasteiger partial charge in [0.15, 0.2) is 0 Å². The van der Waals surface area contributed by atoms with Gasteiger partial charge in [0.25, 0.3) is 0 Å². The second kappa shape index (κ2) is 6.88. The van der Waals surface area contributed by atoms with E-state index in [9.17, 15) is 14.4 Å². The number of carbonyl (C=O) groups is 3. The van der Waals surface area contributed by atoms with Crippen molar-refractivity contribution in [3.8, 4) is 11.5 Å². The Balaban J connectivity index is 1.66. The van der Waals surface area contributed by atoms with Crippen LogP contribution < -0.4 is 5.32 Å². The van der Waals surface area contributed by atoms with Gasteiger partial charge in [-0.05, 0) is 31.5 Å². The highest BCUT2D eigenvalue weighted by molar-refractivity contribution is 6.02. The highest BCUT2D eigenvalue weighted by Crippen LogP contribution is 2.25. The smallest absolute Gasteiger partial charge is 0.229 e. The Morgan fingerprint density at radius 2 is 1.96 bits per heavy atom. The lowest BCUT2D eigenvalue weighted by Crippen LogP contribution is -2.32. The molecule has 7 heteroatoms. The lowest BCUT2D eigenvalue weighted by molar-refractivity contribution is -0.138. The second-order valence-electron chi connectivity index (χ2n) is 6.06. The fourth-order valence-corrected chi connectivity index (χ4v) is 2.67. The molecule has 1 aromatic heterocycles. The number of nitrogens with zero attached hydrogens (tertiary/aromatic N) is 2. The van der Waals surface area contributed by atoms with E-state index in [0.717, 1.165) is 21.7 Å². The molecule has 0 atom stereocenters. The third kappa shape index (κ3) is 3.76. The number of aryl methyl sites for hydroxylation is 2. The van der Waals surface area contributed by atoms with Gasteiger partial charge in [-0.2, -0.15) is 0 Å². The van der Waals surface area contributed by atoms with Gasteiger partial charge in [0.1, 0.15) is 6.26 Å². The van der Waals surface area contributed by atoms with Crippen molar-refractivity contribution in [3.05, 3.63) is 35.7 Å². The van der Waals surface area contributed by atoms with Crippen molar-refractivity contribution in [2.75, 3.05) is 11.9 Å². The van der Waals surface area contributed by atoms with Crippen LogP contribution in [0.1, 0.15) is 30.5 Å².